The lowest BCUT2D eigenvalue weighted by molar-refractivity contribution is 0.336. The van der Waals surface area contributed by atoms with Gasteiger partial charge in [0.2, 0.25) is 0 Å². The van der Waals surface area contributed by atoms with Gasteiger partial charge in [-0.2, -0.15) is 0 Å². The maximum Gasteiger partial charge on any atom is 0.0564 e. The lowest BCUT2D eigenvalue weighted by Crippen LogP contribution is -2.44. The van der Waals surface area contributed by atoms with Gasteiger partial charge in [-0.15, -0.1) is 0 Å². The summed E-state index contributed by atoms with van der Waals surface area (Å²) in [4.78, 5) is 0. The van der Waals surface area contributed by atoms with Gasteiger partial charge >= 0.3 is 0 Å². The second-order valence-corrected chi connectivity index (χ2v) is 2.86. The fraction of sp³-hybridized carbons (Fsp3) is 1.00. The van der Waals surface area contributed by atoms with Gasteiger partial charge in [0.05, 0.1) is 6.67 Å². The van der Waals surface area contributed by atoms with E-state index in [2.05, 4.69) is 10.9 Å². The van der Waals surface area contributed by atoms with E-state index < -0.39 is 0 Å². The first kappa shape index (κ1) is 7.98. The van der Waals surface area contributed by atoms with E-state index in [-0.39, 0.29) is 0 Å². The molecule has 0 heterocycles. The van der Waals surface area contributed by atoms with Gasteiger partial charge in [-0.05, 0) is 12.8 Å². The summed E-state index contributed by atoms with van der Waals surface area (Å²) in [5.74, 6) is 0. The summed E-state index contributed by atoms with van der Waals surface area (Å²) in [5, 5.41) is 0. The topological polar surface area (TPSA) is 50.1 Å². The second kappa shape index (κ2) is 4.66. The van der Waals surface area contributed by atoms with Crippen LogP contribution in [0.3, 0.4) is 0 Å². The zero-order chi connectivity index (χ0) is 7.23. The van der Waals surface area contributed by atoms with E-state index in [9.17, 15) is 0 Å². The van der Waals surface area contributed by atoms with Gasteiger partial charge in [0.25, 0.3) is 0 Å². The molecule has 60 valence electrons. The lowest BCUT2D eigenvalue weighted by Gasteiger charge is -2.22. The maximum atomic E-state index is 5.27. The van der Waals surface area contributed by atoms with E-state index in [1.165, 1.54) is 32.1 Å². The largest absolute Gasteiger partial charge is 0.317 e. The van der Waals surface area contributed by atoms with E-state index in [4.69, 9.17) is 5.73 Å². The molecule has 0 aliphatic heterocycles. The van der Waals surface area contributed by atoms with Crippen LogP contribution in [0.15, 0.2) is 0 Å². The minimum Gasteiger partial charge on any atom is -0.317 e. The van der Waals surface area contributed by atoms with Crippen LogP contribution in [0.4, 0.5) is 0 Å². The molecule has 1 aliphatic carbocycles. The predicted octanol–water partition coefficient (Wildman–Crippen LogP) is 0.329. The van der Waals surface area contributed by atoms with Crippen LogP contribution >= 0.6 is 0 Å². The fourth-order valence-corrected chi connectivity index (χ4v) is 1.45. The zero-order valence-corrected chi connectivity index (χ0v) is 6.40. The Morgan fingerprint density at radius 2 is 1.90 bits per heavy atom. The smallest absolute Gasteiger partial charge is 0.0564 e. The quantitative estimate of drug-likeness (QED) is 0.394. The molecule has 1 fully saturated rings. The van der Waals surface area contributed by atoms with Crippen LogP contribution in [0.1, 0.15) is 32.1 Å². The summed E-state index contributed by atoms with van der Waals surface area (Å²) >= 11 is 0. The van der Waals surface area contributed by atoms with Crippen LogP contribution in [0.2, 0.25) is 0 Å². The number of nitrogens with two attached hydrogens (primary N) is 1. The Kier molecular flexibility index (Phi) is 3.72. The van der Waals surface area contributed by atoms with Crippen molar-refractivity contribution in [2.45, 2.75) is 38.1 Å². The first-order valence-electron chi connectivity index (χ1n) is 4.12. The molecule has 0 atom stereocenters. The van der Waals surface area contributed by atoms with Gasteiger partial charge in [0.1, 0.15) is 0 Å². The molecule has 0 aromatic rings. The molecular weight excluding hydrogens is 126 g/mol. The summed E-state index contributed by atoms with van der Waals surface area (Å²) in [5.41, 5.74) is 11.4. The van der Waals surface area contributed by atoms with Gasteiger partial charge in [0.15, 0.2) is 0 Å². The number of hydrogen-bond donors (Lipinski definition) is 3. The molecular formula is C7H17N3. The van der Waals surface area contributed by atoms with Crippen LogP contribution in [-0.2, 0) is 0 Å². The van der Waals surface area contributed by atoms with Crippen LogP contribution < -0.4 is 16.6 Å². The van der Waals surface area contributed by atoms with Crippen molar-refractivity contribution in [1.29, 1.82) is 0 Å². The monoisotopic (exact) mass is 143 g/mol. The number of hydrazine groups is 1. The normalized spacial score (nSPS) is 21.3. The minimum absolute atomic E-state index is 0.524. The van der Waals surface area contributed by atoms with Crippen molar-refractivity contribution in [2.24, 2.45) is 5.73 Å². The first-order chi connectivity index (χ1) is 4.93. The number of nitrogens with one attached hydrogen (secondary N) is 2. The average molecular weight is 143 g/mol. The Hall–Kier alpha value is -0.120. The molecule has 0 saturated heterocycles. The summed E-state index contributed by atoms with van der Waals surface area (Å²) < 4.78 is 0. The van der Waals surface area contributed by atoms with Crippen molar-refractivity contribution in [3.05, 3.63) is 0 Å². The van der Waals surface area contributed by atoms with Gasteiger partial charge in [0, 0.05) is 6.04 Å². The molecule has 1 aliphatic rings. The lowest BCUT2D eigenvalue weighted by atomic mass is 9.96. The number of hydrogen-bond acceptors (Lipinski definition) is 3. The molecule has 0 spiro atoms. The van der Waals surface area contributed by atoms with Crippen molar-refractivity contribution in [3.8, 4) is 0 Å². The van der Waals surface area contributed by atoms with E-state index in [1.54, 1.807) is 0 Å². The maximum absolute atomic E-state index is 5.27. The van der Waals surface area contributed by atoms with Crippen molar-refractivity contribution in [2.75, 3.05) is 6.67 Å². The third kappa shape index (κ3) is 2.64. The third-order valence-electron chi connectivity index (χ3n) is 2.01. The van der Waals surface area contributed by atoms with Crippen molar-refractivity contribution in [1.82, 2.24) is 10.9 Å². The molecule has 0 aromatic carbocycles. The van der Waals surface area contributed by atoms with Crippen LogP contribution in [0.5, 0.6) is 0 Å². The zero-order valence-electron chi connectivity index (χ0n) is 6.40. The van der Waals surface area contributed by atoms with Crippen LogP contribution in [0.25, 0.3) is 0 Å². The minimum atomic E-state index is 0.524. The van der Waals surface area contributed by atoms with Crippen molar-refractivity contribution in [3.63, 3.8) is 0 Å². The molecule has 3 nitrogen and oxygen atoms in total. The highest BCUT2D eigenvalue weighted by Gasteiger charge is 2.11. The average Bonchev–Trinajstić information content (AvgIpc) is 2.03. The van der Waals surface area contributed by atoms with E-state index in [1.807, 2.05) is 0 Å². The van der Waals surface area contributed by atoms with Crippen LogP contribution in [0, 0.1) is 0 Å². The summed E-state index contributed by atoms with van der Waals surface area (Å²) in [6, 6.07) is 0.664. The van der Waals surface area contributed by atoms with E-state index in [0.29, 0.717) is 12.7 Å². The first-order valence-corrected chi connectivity index (χ1v) is 4.12. The highest BCUT2D eigenvalue weighted by Crippen LogP contribution is 2.16. The Morgan fingerprint density at radius 3 is 2.50 bits per heavy atom. The molecule has 0 bridgehead atoms. The molecule has 4 N–H and O–H groups in total. The van der Waals surface area contributed by atoms with E-state index >= 15 is 0 Å². The molecule has 1 saturated carbocycles. The highest BCUT2D eigenvalue weighted by molar-refractivity contribution is 4.69. The van der Waals surface area contributed by atoms with Gasteiger partial charge in [-0.25, -0.2) is 5.43 Å². The molecule has 0 radical (unpaired) electrons. The van der Waals surface area contributed by atoms with Gasteiger partial charge in [-0.3, -0.25) is 5.43 Å². The molecule has 0 unspecified atom stereocenters. The standard InChI is InChI=1S/C7H17N3/c8-6-9-10-7-4-2-1-3-5-7/h7,9-10H,1-6,8H2. The molecule has 0 aromatic heterocycles. The molecule has 3 heteroatoms. The van der Waals surface area contributed by atoms with Gasteiger partial charge in [-0.1, -0.05) is 19.3 Å². The molecule has 1 rings (SSSR count). The third-order valence-corrected chi connectivity index (χ3v) is 2.01. The Morgan fingerprint density at radius 1 is 1.20 bits per heavy atom. The number of rotatable bonds is 3. The van der Waals surface area contributed by atoms with Crippen LogP contribution in [-0.4, -0.2) is 12.7 Å². The summed E-state index contributed by atoms with van der Waals surface area (Å²) in [7, 11) is 0. The predicted molar refractivity (Wildman–Crippen MR) is 42.2 cm³/mol. The highest BCUT2D eigenvalue weighted by atomic mass is 15.4. The van der Waals surface area contributed by atoms with Gasteiger partial charge < -0.3 is 5.73 Å². The second-order valence-electron chi connectivity index (χ2n) is 2.86. The molecule has 0 amide bonds. The molecule has 10 heavy (non-hydrogen) atoms. The van der Waals surface area contributed by atoms with Crippen molar-refractivity contribution < 1.29 is 0 Å². The fourth-order valence-electron chi connectivity index (χ4n) is 1.45. The summed E-state index contributed by atoms with van der Waals surface area (Å²) in [6.07, 6.45) is 6.73. The SMILES string of the molecule is NCNNC1CCCCC1. The summed E-state index contributed by atoms with van der Waals surface area (Å²) in [6.45, 7) is 0.524. The Balaban J connectivity index is 2.02. The Labute approximate surface area is 62.3 Å². The van der Waals surface area contributed by atoms with E-state index in [0.717, 1.165) is 0 Å². The Bertz CT molecular complexity index is 78.9. The van der Waals surface area contributed by atoms with Crippen molar-refractivity contribution >= 4 is 0 Å².